The summed E-state index contributed by atoms with van der Waals surface area (Å²) in [7, 11) is 0. The first kappa shape index (κ1) is 16.4. The van der Waals surface area contributed by atoms with E-state index in [-0.39, 0.29) is 25.0 Å². The standard InChI is InChI=1S/C11H20N8O2/c1-3-18(4-2)10-15-9(14)16-11(17-10)19(5-7(12)20)6-8(13)21/h3-6H2,1-2H3,(H2,12,20)(H2,13,21)(H2,14,15,16,17). The molecule has 116 valence electrons. The zero-order valence-corrected chi connectivity index (χ0v) is 12.1. The van der Waals surface area contributed by atoms with E-state index in [4.69, 9.17) is 17.2 Å². The molecule has 0 radical (unpaired) electrons. The van der Waals surface area contributed by atoms with Crippen molar-refractivity contribution in [2.45, 2.75) is 13.8 Å². The average molecular weight is 296 g/mol. The number of amides is 2. The second kappa shape index (κ2) is 7.22. The molecule has 0 saturated heterocycles. The summed E-state index contributed by atoms with van der Waals surface area (Å²) in [6.07, 6.45) is 0. The third-order valence-corrected chi connectivity index (χ3v) is 2.65. The van der Waals surface area contributed by atoms with Gasteiger partial charge in [0.2, 0.25) is 29.7 Å². The van der Waals surface area contributed by atoms with Crippen molar-refractivity contribution in [1.29, 1.82) is 0 Å². The van der Waals surface area contributed by atoms with Gasteiger partial charge in [-0.15, -0.1) is 0 Å². The highest BCUT2D eigenvalue weighted by Crippen LogP contribution is 2.14. The quantitative estimate of drug-likeness (QED) is 0.500. The van der Waals surface area contributed by atoms with Gasteiger partial charge in [-0.2, -0.15) is 15.0 Å². The number of primary amides is 2. The van der Waals surface area contributed by atoms with Crippen LogP contribution in [0.1, 0.15) is 13.8 Å². The molecule has 6 N–H and O–H groups in total. The summed E-state index contributed by atoms with van der Waals surface area (Å²) in [6.45, 7) is 4.73. The zero-order valence-electron chi connectivity index (χ0n) is 12.1. The van der Waals surface area contributed by atoms with Crippen molar-refractivity contribution >= 4 is 29.7 Å². The summed E-state index contributed by atoms with van der Waals surface area (Å²) in [6, 6.07) is 0. The van der Waals surface area contributed by atoms with Crippen molar-refractivity contribution in [3.8, 4) is 0 Å². The molecule has 0 fully saturated rings. The Balaban J connectivity index is 3.17. The van der Waals surface area contributed by atoms with Crippen LogP contribution in [-0.2, 0) is 9.59 Å². The molecule has 0 atom stereocenters. The maximum atomic E-state index is 11.1. The molecule has 0 spiro atoms. The number of hydrogen-bond acceptors (Lipinski definition) is 8. The lowest BCUT2D eigenvalue weighted by atomic mass is 10.4. The molecule has 1 heterocycles. The van der Waals surface area contributed by atoms with Gasteiger partial charge >= 0.3 is 0 Å². The van der Waals surface area contributed by atoms with Gasteiger partial charge in [-0.1, -0.05) is 0 Å². The molecule has 0 unspecified atom stereocenters. The number of aromatic nitrogens is 3. The Kier molecular flexibility index (Phi) is 5.64. The summed E-state index contributed by atoms with van der Waals surface area (Å²) in [5.74, 6) is -0.844. The van der Waals surface area contributed by atoms with E-state index >= 15 is 0 Å². The predicted molar refractivity (Wildman–Crippen MR) is 78.4 cm³/mol. The summed E-state index contributed by atoms with van der Waals surface area (Å²) in [5.41, 5.74) is 16.0. The van der Waals surface area contributed by atoms with Crippen molar-refractivity contribution < 1.29 is 9.59 Å². The first-order valence-electron chi connectivity index (χ1n) is 6.45. The molecule has 21 heavy (non-hydrogen) atoms. The van der Waals surface area contributed by atoms with Gasteiger partial charge in [0, 0.05) is 13.1 Å². The number of hydrogen-bond donors (Lipinski definition) is 3. The fraction of sp³-hybridized carbons (Fsp3) is 0.545. The number of rotatable bonds is 8. The Morgan fingerprint density at radius 1 is 0.905 bits per heavy atom. The Labute approximate surface area is 122 Å². The molecule has 2 amide bonds. The highest BCUT2D eigenvalue weighted by atomic mass is 16.2. The van der Waals surface area contributed by atoms with E-state index in [9.17, 15) is 9.59 Å². The van der Waals surface area contributed by atoms with Crippen LogP contribution in [0.4, 0.5) is 17.8 Å². The van der Waals surface area contributed by atoms with E-state index in [0.717, 1.165) is 0 Å². The fourth-order valence-corrected chi connectivity index (χ4v) is 1.73. The first-order valence-corrected chi connectivity index (χ1v) is 6.45. The van der Waals surface area contributed by atoms with Gasteiger partial charge in [0.1, 0.15) is 13.1 Å². The second-order valence-corrected chi connectivity index (χ2v) is 4.25. The van der Waals surface area contributed by atoms with E-state index in [1.165, 1.54) is 4.90 Å². The Morgan fingerprint density at radius 3 is 1.71 bits per heavy atom. The zero-order chi connectivity index (χ0) is 16.0. The monoisotopic (exact) mass is 296 g/mol. The number of carbonyl (C=O) groups excluding carboxylic acids is 2. The number of carbonyl (C=O) groups is 2. The van der Waals surface area contributed by atoms with Crippen LogP contribution in [0.5, 0.6) is 0 Å². The highest BCUT2D eigenvalue weighted by Gasteiger charge is 2.18. The Morgan fingerprint density at radius 2 is 1.33 bits per heavy atom. The molecule has 10 heteroatoms. The van der Waals surface area contributed by atoms with Crippen LogP contribution >= 0.6 is 0 Å². The fourth-order valence-electron chi connectivity index (χ4n) is 1.73. The third-order valence-electron chi connectivity index (χ3n) is 2.65. The minimum Gasteiger partial charge on any atom is -0.368 e. The van der Waals surface area contributed by atoms with Crippen molar-refractivity contribution in [2.24, 2.45) is 11.5 Å². The van der Waals surface area contributed by atoms with Crippen molar-refractivity contribution in [3.05, 3.63) is 0 Å². The molecular weight excluding hydrogens is 276 g/mol. The first-order chi connectivity index (χ1) is 9.87. The Hall–Kier alpha value is -2.65. The summed E-state index contributed by atoms with van der Waals surface area (Å²) < 4.78 is 0. The van der Waals surface area contributed by atoms with Crippen LogP contribution in [0, 0.1) is 0 Å². The molecule has 0 aromatic carbocycles. The van der Waals surface area contributed by atoms with Crippen molar-refractivity contribution in [3.63, 3.8) is 0 Å². The van der Waals surface area contributed by atoms with Gasteiger partial charge in [0.05, 0.1) is 0 Å². The lowest BCUT2D eigenvalue weighted by molar-refractivity contribution is -0.117. The molecule has 1 aromatic rings. The third kappa shape index (κ3) is 4.75. The number of nitrogen functional groups attached to an aromatic ring is 1. The van der Waals surface area contributed by atoms with Gasteiger partial charge in [-0.3, -0.25) is 9.59 Å². The summed E-state index contributed by atoms with van der Waals surface area (Å²) in [5, 5.41) is 0. The van der Waals surface area contributed by atoms with Crippen LogP contribution in [-0.4, -0.2) is 52.9 Å². The van der Waals surface area contributed by atoms with Crippen molar-refractivity contribution in [1.82, 2.24) is 15.0 Å². The Bertz CT molecular complexity index is 501. The van der Waals surface area contributed by atoms with Gasteiger partial charge in [0.15, 0.2) is 0 Å². The molecule has 0 saturated carbocycles. The van der Waals surface area contributed by atoms with Crippen LogP contribution in [0.15, 0.2) is 0 Å². The topological polar surface area (TPSA) is 157 Å². The summed E-state index contributed by atoms with van der Waals surface area (Å²) in [4.78, 5) is 37.5. The average Bonchev–Trinajstić information content (AvgIpc) is 2.37. The second-order valence-electron chi connectivity index (χ2n) is 4.25. The maximum absolute atomic E-state index is 11.1. The van der Waals surface area contributed by atoms with Crippen LogP contribution in [0.3, 0.4) is 0 Å². The van der Waals surface area contributed by atoms with Gasteiger partial charge in [-0.05, 0) is 13.8 Å². The van der Waals surface area contributed by atoms with Crippen molar-refractivity contribution in [2.75, 3.05) is 41.7 Å². The lowest BCUT2D eigenvalue weighted by Crippen LogP contribution is -2.41. The molecular formula is C11H20N8O2. The molecule has 0 aliphatic carbocycles. The van der Waals surface area contributed by atoms with E-state index < -0.39 is 11.8 Å². The largest absolute Gasteiger partial charge is 0.368 e. The van der Waals surface area contributed by atoms with Crippen LogP contribution in [0.25, 0.3) is 0 Å². The number of nitrogens with two attached hydrogens (primary N) is 3. The van der Waals surface area contributed by atoms with E-state index in [1.807, 2.05) is 18.7 Å². The molecule has 0 bridgehead atoms. The van der Waals surface area contributed by atoms with Crippen LogP contribution in [0.2, 0.25) is 0 Å². The normalized spacial score (nSPS) is 10.2. The highest BCUT2D eigenvalue weighted by molar-refractivity contribution is 5.84. The minimum absolute atomic E-state index is 0.0131. The van der Waals surface area contributed by atoms with Gasteiger partial charge in [-0.25, -0.2) is 0 Å². The lowest BCUT2D eigenvalue weighted by Gasteiger charge is -2.23. The van der Waals surface area contributed by atoms with Gasteiger partial charge < -0.3 is 27.0 Å². The van der Waals surface area contributed by atoms with E-state index in [1.54, 1.807) is 0 Å². The van der Waals surface area contributed by atoms with E-state index in [0.29, 0.717) is 19.0 Å². The SMILES string of the molecule is CCN(CC)c1nc(N)nc(N(CC(N)=O)CC(N)=O)n1. The van der Waals surface area contributed by atoms with E-state index in [2.05, 4.69) is 15.0 Å². The van der Waals surface area contributed by atoms with Gasteiger partial charge in [0.25, 0.3) is 0 Å². The maximum Gasteiger partial charge on any atom is 0.237 e. The molecule has 1 aromatic heterocycles. The molecule has 0 aliphatic heterocycles. The molecule has 10 nitrogen and oxygen atoms in total. The van der Waals surface area contributed by atoms with Crippen LogP contribution < -0.4 is 27.0 Å². The number of anilines is 3. The minimum atomic E-state index is -0.639. The molecule has 1 rings (SSSR count). The number of nitrogens with zero attached hydrogens (tertiary/aromatic N) is 5. The summed E-state index contributed by atoms with van der Waals surface area (Å²) >= 11 is 0. The predicted octanol–water partition coefficient (Wildman–Crippen LogP) is -1.92. The molecule has 0 aliphatic rings. The smallest absolute Gasteiger partial charge is 0.237 e.